The first-order valence-electron chi connectivity index (χ1n) is 5.17. The van der Waals surface area contributed by atoms with Gasteiger partial charge in [-0.25, -0.2) is 0 Å². The van der Waals surface area contributed by atoms with Gasteiger partial charge in [-0.2, -0.15) is 4.68 Å². The fourth-order valence-corrected chi connectivity index (χ4v) is 1.73. The molecule has 1 atom stereocenters. The molecule has 2 rings (SSSR count). The van der Waals surface area contributed by atoms with Gasteiger partial charge in [0.2, 0.25) is 0 Å². The van der Waals surface area contributed by atoms with Gasteiger partial charge in [0.05, 0.1) is 36.1 Å². The van der Waals surface area contributed by atoms with E-state index in [1.54, 1.807) is 17.8 Å². The molecule has 0 aromatic carbocycles. The Hall–Kier alpha value is -1.47. The van der Waals surface area contributed by atoms with Crippen molar-refractivity contribution >= 4 is 5.82 Å². The first-order valence-corrected chi connectivity index (χ1v) is 5.17. The van der Waals surface area contributed by atoms with Crippen LogP contribution in [-0.2, 0) is 11.3 Å². The van der Waals surface area contributed by atoms with E-state index in [4.69, 9.17) is 4.74 Å². The van der Waals surface area contributed by atoms with Crippen LogP contribution in [0.1, 0.15) is 5.56 Å². The highest BCUT2D eigenvalue weighted by Crippen LogP contribution is 2.14. The van der Waals surface area contributed by atoms with Crippen LogP contribution in [0.4, 0.5) is 5.82 Å². The Morgan fingerprint density at radius 2 is 2.62 bits per heavy atom. The summed E-state index contributed by atoms with van der Waals surface area (Å²) >= 11 is 0. The highest BCUT2D eigenvalue weighted by atomic mass is 16.6. The van der Waals surface area contributed by atoms with E-state index in [0.717, 1.165) is 13.1 Å². The van der Waals surface area contributed by atoms with Gasteiger partial charge in [0.25, 0.3) is 0 Å². The maximum Gasteiger partial charge on any atom is 0.392 e. The lowest BCUT2D eigenvalue weighted by atomic mass is 10.3. The zero-order valence-electron chi connectivity index (χ0n) is 9.05. The van der Waals surface area contributed by atoms with E-state index in [-0.39, 0.29) is 11.9 Å². The molecule has 0 amide bonds. The zero-order chi connectivity index (χ0) is 11.5. The Kier molecular flexibility index (Phi) is 3.16. The minimum atomic E-state index is -0.466. The van der Waals surface area contributed by atoms with Gasteiger partial charge < -0.3 is 20.2 Å². The average molecular weight is 226 g/mol. The van der Waals surface area contributed by atoms with E-state index in [1.165, 1.54) is 0 Å². The Morgan fingerprint density at radius 1 is 1.81 bits per heavy atom. The smallest absolute Gasteiger partial charge is 0.374 e. The fraction of sp³-hybridized carbons (Fsp3) is 0.667. The van der Waals surface area contributed by atoms with Crippen LogP contribution >= 0.6 is 0 Å². The quantitative estimate of drug-likeness (QED) is 0.583. The van der Waals surface area contributed by atoms with Crippen LogP contribution in [0.3, 0.4) is 0 Å². The third-order valence-corrected chi connectivity index (χ3v) is 2.49. The molecule has 1 aliphatic rings. The standard InChI is InChI=1S/C9H14N4O3/c1-7-5-12(11-9(7)13(14)15)6-8-4-10-2-3-16-8/h5,8,10H,2-4,6H2,1H3. The molecular weight excluding hydrogens is 212 g/mol. The summed E-state index contributed by atoms with van der Waals surface area (Å²) in [5, 5.41) is 17.7. The molecule has 1 aromatic rings. The van der Waals surface area contributed by atoms with Crippen molar-refractivity contribution in [2.75, 3.05) is 19.7 Å². The van der Waals surface area contributed by atoms with Crippen molar-refractivity contribution in [1.29, 1.82) is 0 Å². The molecule has 0 radical (unpaired) electrons. The first kappa shape index (κ1) is 11.0. The van der Waals surface area contributed by atoms with E-state index in [2.05, 4.69) is 10.4 Å². The Labute approximate surface area is 92.5 Å². The summed E-state index contributed by atoms with van der Waals surface area (Å²) in [5.41, 5.74) is 0.578. The summed E-state index contributed by atoms with van der Waals surface area (Å²) < 4.78 is 7.07. The summed E-state index contributed by atoms with van der Waals surface area (Å²) in [4.78, 5) is 10.1. The van der Waals surface area contributed by atoms with Crippen molar-refractivity contribution in [2.24, 2.45) is 0 Å². The number of nitro groups is 1. The van der Waals surface area contributed by atoms with Crippen LogP contribution in [0.15, 0.2) is 6.20 Å². The van der Waals surface area contributed by atoms with Crippen LogP contribution in [0.25, 0.3) is 0 Å². The topological polar surface area (TPSA) is 82.2 Å². The number of nitrogens with zero attached hydrogens (tertiary/aromatic N) is 3. The lowest BCUT2D eigenvalue weighted by Gasteiger charge is -2.22. The van der Waals surface area contributed by atoms with Crippen molar-refractivity contribution in [2.45, 2.75) is 19.6 Å². The average Bonchev–Trinajstić information content (AvgIpc) is 2.61. The van der Waals surface area contributed by atoms with E-state index in [0.29, 0.717) is 18.7 Å². The van der Waals surface area contributed by atoms with E-state index >= 15 is 0 Å². The molecule has 88 valence electrons. The predicted molar refractivity (Wildman–Crippen MR) is 56.2 cm³/mol. The Morgan fingerprint density at radius 3 is 3.19 bits per heavy atom. The Bertz CT molecular complexity index is 384. The number of ether oxygens (including phenoxy) is 1. The van der Waals surface area contributed by atoms with E-state index in [9.17, 15) is 10.1 Å². The summed E-state index contributed by atoms with van der Waals surface area (Å²) in [6.45, 7) is 4.51. The molecule has 1 aliphatic heterocycles. The molecule has 0 aliphatic carbocycles. The molecule has 7 nitrogen and oxygen atoms in total. The number of morpholine rings is 1. The number of hydrogen-bond acceptors (Lipinski definition) is 5. The molecular formula is C9H14N4O3. The SMILES string of the molecule is Cc1cn(CC2CNCCO2)nc1[N+](=O)[O-]. The fourth-order valence-electron chi connectivity index (χ4n) is 1.73. The summed E-state index contributed by atoms with van der Waals surface area (Å²) in [6, 6.07) is 0. The van der Waals surface area contributed by atoms with Crippen molar-refractivity contribution in [3.63, 3.8) is 0 Å². The van der Waals surface area contributed by atoms with Crippen LogP contribution < -0.4 is 5.32 Å². The molecule has 0 spiro atoms. The third kappa shape index (κ3) is 2.37. The van der Waals surface area contributed by atoms with Gasteiger partial charge >= 0.3 is 5.82 Å². The minimum absolute atomic E-state index is 0.0349. The highest BCUT2D eigenvalue weighted by Gasteiger charge is 2.20. The molecule has 7 heteroatoms. The summed E-state index contributed by atoms with van der Waals surface area (Å²) in [7, 11) is 0. The van der Waals surface area contributed by atoms with E-state index < -0.39 is 4.92 Å². The molecule has 0 bridgehead atoms. The predicted octanol–water partition coefficient (Wildman–Crippen LogP) is 0.0881. The second-order valence-electron chi connectivity index (χ2n) is 3.81. The number of aryl methyl sites for hydroxylation is 1. The van der Waals surface area contributed by atoms with Gasteiger partial charge in [-0.3, -0.25) is 0 Å². The molecule has 0 saturated carbocycles. The lowest BCUT2D eigenvalue weighted by molar-refractivity contribution is -0.390. The van der Waals surface area contributed by atoms with Crippen molar-refractivity contribution in [3.8, 4) is 0 Å². The molecule has 1 N–H and O–H groups in total. The number of hydrogen-bond donors (Lipinski definition) is 1. The molecule has 1 unspecified atom stereocenters. The van der Waals surface area contributed by atoms with Crippen LogP contribution in [-0.4, -0.2) is 40.5 Å². The van der Waals surface area contributed by atoms with E-state index in [1.807, 2.05) is 0 Å². The van der Waals surface area contributed by atoms with Crippen LogP contribution in [0.5, 0.6) is 0 Å². The van der Waals surface area contributed by atoms with Gasteiger partial charge in [0, 0.05) is 13.1 Å². The number of aromatic nitrogens is 2. The highest BCUT2D eigenvalue weighted by molar-refractivity contribution is 5.28. The summed E-state index contributed by atoms with van der Waals surface area (Å²) in [6.07, 6.45) is 1.71. The van der Waals surface area contributed by atoms with Crippen molar-refractivity contribution in [3.05, 3.63) is 21.9 Å². The molecule has 1 fully saturated rings. The molecule has 16 heavy (non-hydrogen) atoms. The zero-order valence-corrected chi connectivity index (χ0v) is 9.05. The minimum Gasteiger partial charge on any atom is -0.374 e. The van der Waals surface area contributed by atoms with Gasteiger partial charge in [-0.1, -0.05) is 0 Å². The molecule has 2 heterocycles. The normalized spacial score (nSPS) is 20.9. The van der Waals surface area contributed by atoms with Gasteiger partial charge in [0.1, 0.15) is 0 Å². The van der Waals surface area contributed by atoms with Crippen molar-refractivity contribution in [1.82, 2.24) is 15.1 Å². The molecule has 1 aromatic heterocycles. The first-order chi connectivity index (χ1) is 7.66. The second kappa shape index (κ2) is 4.58. The third-order valence-electron chi connectivity index (χ3n) is 2.49. The van der Waals surface area contributed by atoms with Gasteiger partial charge in [-0.15, -0.1) is 0 Å². The van der Waals surface area contributed by atoms with Crippen molar-refractivity contribution < 1.29 is 9.66 Å². The number of nitrogens with one attached hydrogen (secondary N) is 1. The van der Waals surface area contributed by atoms with Gasteiger partial charge in [-0.05, 0) is 11.8 Å². The monoisotopic (exact) mass is 226 g/mol. The largest absolute Gasteiger partial charge is 0.392 e. The maximum atomic E-state index is 10.6. The second-order valence-corrected chi connectivity index (χ2v) is 3.81. The van der Waals surface area contributed by atoms with Crippen LogP contribution in [0.2, 0.25) is 0 Å². The maximum absolute atomic E-state index is 10.6. The van der Waals surface area contributed by atoms with Crippen LogP contribution in [0, 0.1) is 17.0 Å². The molecule has 1 saturated heterocycles. The summed E-state index contributed by atoms with van der Waals surface area (Å²) in [5.74, 6) is -0.0798. The number of rotatable bonds is 3. The lowest BCUT2D eigenvalue weighted by Crippen LogP contribution is -2.40. The van der Waals surface area contributed by atoms with Gasteiger partial charge in [0.15, 0.2) is 0 Å². The Balaban J connectivity index is 2.03.